The zero-order valence-corrected chi connectivity index (χ0v) is 22.1. The number of carboxylic acids is 1. The van der Waals surface area contributed by atoms with Crippen LogP contribution in [0.25, 0.3) is 0 Å². The van der Waals surface area contributed by atoms with Crippen molar-refractivity contribution in [3.63, 3.8) is 0 Å². The summed E-state index contributed by atoms with van der Waals surface area (Å²) in [5.74, 6) is -2.52. The number of ether oxygens (including phenoxy) is 2. The molecule has 0 spiro atoms. The third kappa shape index (κ3) is 10.9. The van der Waals surface area contributed by atoms with Crippen LogP contribution >= 0.6 is 0 Å². The summed E-state index contributed by atoms with van der Waals surface area (Å²) in [4.78, 5) is 37.5. The number of rotatable bonds is 8. The van der Waals surface area contributed by atoms with Gasteiger partial charge in [0.15, 0.2) is 9.84 Å². The molecule has 13 heteroatoms. The van der Waals surface area contributed by atoms with Crippen molar-refractivity contribution in [2.24, 2.45) is 11.7 Å². The Hall–Kier alpha value is -2.90. The largest absolute Gasteiger partial charge is 0.494 e. The van der Waals surface area contributed by atoms with Crippen LogP contribution in [-0.4, -0.2) is 87.4 Å². The molecule has 3 rings (SSSR count). The zero-order chi connectivity index (χ0) is 27.4. The molecule has 2 heterocycles. The van der Waals surface area contributed by atoms with Crippen molar-refractivity contribution in [3.8, 4) is 5.75 Å². The molecule has 6 N–H and O–H groups in total. The summed E-state index contributed by atoms with van der Waals surface area (Å²) in [6.07, 6.45) is 1.73. The number of carbonyl (C=O) groups excluding carboxylic acids is 2. The van der Waals surface area contributed by atoms with Gasteiger partial charge in [-0.3, -0.25) is 4.79 Å². The Balaban J connectivity index is 2.22. The van der Waals surface area contributed by atoms with E-state index >= 15 is 0 Å². The monoisotopic (exact) mass is 542 g/mol. The molecule has 1 aromatic carbocycles. The van der Waals surface area contributed by atoms with Gasteiger partial charge in [0.1, 0.15) is 17.8 Å². The normalized spacial score (nSPS) is 20.5. The molecule has 0 saturated heterocycles. The lowest BCUT2D eigenvalue weighted by atomic mass is 10.0. The molecule has 37 heavy (non-hydrogen) atoms. The van der Waals surface area contributed by atoms with Gasteiger partial charge in [0.25, 0.3) is 0 Å². The first-order valence-electron chi connectivity index (χ1n) is 12.3. The number of nitrogens with two attached hydrogens (primary N) is 1. The summed E-state index contributed by atoms with van der Waals surface area (Å²) < 4.78 is 35.6. The van der Waals surface area contributed by atoms with E-state index in [4.69, 9.17) is 15.2 Å². The van der Waals surface area contributed by atoms with Crippen molar-refractivity contribution in [1.82, 2.24) is 16.0 Å². The van der Waals surface area contributed by atoms with Crippen molar-refractivity contribution in [2.75, 3.05) is 37.9 Å². The van der Waals surface area contributed by atoms with Crippen LogP contribution in [0.5, 0.6) is 5.75 Å². The van der Waals surface area contributed by atoms with E-state index in [0.717, 1.165) is 18.4 Å². The Labute approximate surface area is 217 Å². The van der Waals surface area contributed by atoms with Crippen molar-refractivity contribution >= 4 is 27.7 Å². The van der Waals surface area contributed by atoms with Gasteiger partial charge in [0.2, 0.25) is 5.91 Å². The first kappa shape index (κ1) is 30.3. The lowest BCUT2D eigenvalue weighted by molar-refractivity contribution is -0.138. The van der Waals surface area contributed by atoms with Crippen LogP contribution in [0.4, 0.5) is 4.79 Å². The first-order chi connectivity index (χ1) is 17.5. The Morgan fingerprint density at radius 3 is 2.49 bits per heavy atom. The molecule has 1 aromatic rings. The minimum absolute atomic E-state index is 0.0454. The van der Waals surface area contributed by atoms with Crippen LogP contribution in [0.3, 0.4) is 0 Å². The van der Waals surface area contributed by atoms with Gasteiger partial charge in [0, 0.05) is 19.6 Å². The third-order valence-corrected chi connectivity index (χ3v) is 7.52. The predicted molar refractivity (Wildman–Crippen MR) is 137 cm³/mol. The molecule has 0 aliphatic carbocycles. The molecular formula is C24H38N4O8S. The number of fused-ring (bicyclic) bond motifs is 13. The summed E-state index contributed by atoms with van der Waals surface area (Å²) in [5.41, 5.74) is 6.01. The molecule has 2 aliphatic rings. The Morgan fingerprint density at radius 2 is 1.86 bits per heavy atom. The summed E-state index contributed by atoms with van der Waals surface area (Å²) >= 11 is 0. The Morgan fingerprint density at radius 1 is 1.19 bits per heavy atom. The third-order valence-electron chi connectivity index (χ3n) is 5.82. The van der Waals surface area contributed by atoms with Gasteiger partial charge in [-0.05, 0) is 36.5 Å². The van der Waals surface area contributed by atoms with Gasteiger partial charge < -0.3 is 36.3 Å². The highest BCUT2D eigenvalue weighted by atomic mass is 32.2. The van der Waals surface area contributed by atoms with Crippen molar-refractivity contribution in [3.05, 3.63) is 29.8 Å². The average Bonchev–Trinajstić information content (AvgIpc) is 2.81. The molecule has 208 valence electrons. The van der Waals surface area contributed by atoms with Gasteiger partial charge in [-0.2, -0.15) is 0 Å². The van der Waals surface area contributed by atoms with E-state index in [1.807, 2.05) is 13.8 Å². The second kappa shape index (κ2) is 14.7. The minimum atomic E-state index is -3.81. The van der Waals surface area contributed by atoms with Gasteiger partial charge in [-0.25, -0.2) is 18.0 Å². The number of carbonyl (C=O) groups is 3. The molecule has 12 nitrogen and oxygen atoms in total. The number of sulfone groups is 1. The highest BCUT2D eigenvalue weighted by Crippen LogP contribution is 2.15. The second-order valence-corrected chi connectivity index (χ2v) is 11.5. The van der Waals surface area contributed by atoms with Crippen LogP contribution in [0.1, 0.15) is 32.3 Å². The second-order valence-electron chi connectivity index (χ2n) is 9.30. The van der Waals surface area contributed by atoms with E-state index in [2.05, 4.69) is 16.0 Å². The SMILES string of the molecule is CC(C)[C@H]1COCCCCOc2ccc(cc2)C[C@@H](NC(=O)NC(CS(=O)(=O)CCN)C(=O)O)C(=O)N1. The molecule has 0 fully saturated rings. The predicted octanol–water partition coefficient (Wildman–Crippen LogP) is 0.0536. The van der Waals surface area contributed by atoms with E-state index in [9.17, 15) is 27.9 Å². The van der Waals surface area contributed by atoms with E-state index in [1.165, 1.54) is 0 Å². The first-order valence-corrected chi connectivity index (χ1v) is 14.1. The maximum absolute atomic E-state index is 13.2. The highest BCUT2D eigenvalue weighted by Gasteiger charge is 2.30. The fraction of sp³-hybridized carbons (Fsp3) is 0.625. The van der Waals surface area contributed by atoms with Crippen LogP contribution < -0.4 is 26.4 Å². The maximum atomic E-state index is 13.2. The smallest absolute Gasteiger partial charge is 0.327 e. The van der Waals surface area contributed by atoms with Gasteiger partial charge >= 0.3 is 12.0 Å². The Bertz CT molecular complexity index is 1000. The van der Waals surface area contributed by atoms with Gasteiger partial charge in [-0.15, -0.1) is 0 Å². The molecule has 3 amide bonds. The molecular weight excluding hydrogens is 504 g/mol. The quantitative estimate of drug-likeness (QED) is 0.303. The van der Waals surface area contributed by atoms with Crippen LogP contribution in [-0.2, 0) is 30.6 Å². The number of hydrogen-bond donors (Lipinski definition) is 5. The molecule has 3 atom stereocenters. The molecule has 0 radical (unpaired) electrons. The fourth-order valence-electron chi connectivity index (χ4n) is 3.61. The topological polar surface area (TPSA) is 186 Å². The lowest BCUT2D eigenvalue weighted by Gasteiger charge is -2.26. The summed E-state index contributed by atoms with van der Waals surface area (Å²) in [6, 6.07) is 3.02. The van der Waals surface area contributed by atoms with E-state index in [1.54, 1.807) is 24.3 Å². The van der Waals surface area contributed by atoms with Crippen LogP contribution in [0.2, 0.25) is 0 Å². The zero-order valence-electron chi connectivity index (χ0n) is 21.3. The number of hydrogen-bond acceptors (Lipinski definition) is 8. The average molecular weight is 543 g/mol. The standard InChI is InChI=1S/C24H38N4O8S/c1-16(2)20-14-35-10-3-4-11-36-18-7-5-17(6-8-18)13-19(22(29)26-20)27-24(32)28-21(23(30)31)15-37(33,34)12-9-25/h5-8,16,19-21H,3-4,9-15,25H2,1-2H3,(H,26,29)(H,30,31)(H2,27,28,32)/t19-,20-,21?/m1/s1. The number of nitrogens with one attached hydrogen (secondary N) is 3. The molecule has 0 aromatic heterocycles. The van der Waals surface area contributed by atoms with Crippen LogP contribution in [0, 0.1) is 5.92 Å². The van der Waals surface area contributed by atoms with E-state index < -0.39 is 51.3 Å². The number of carboxylic acid groups (broad SMARTS) is 1. The summed E-state index contributed by atoms with van der Waals surface area (Å²) in [5, 5.41) is 17.0. The van der Waals surface area contributed by atoms with Crippen molar-refractivity contribution in [1.29, 1.82) is 0 Å². The summed E-state index contributed by atoms with van der Waals surface area (Å²) in [7, 11) is -3.81. The number of aliphatic carboxylic acids is 1. The minimum Gasteiger partial charge on any atom is -0.494 e. The lowest BCUT2D eigenvalue weighted by Crippen LogP contribution is -2.57. The van der Waals surface area contributed by atoms with Crippen molar-refractivity contribution in [2.45, 2.75) is 51.2 Å². The van der Waals surface area contributed by atoms with E-state index in [0.29, 0.717) is 19.0 Å². The van der Waals surface area contributed by atoms with E-state index in [-0.39, 0.29) is 31.5 Å². The maximum Gasteiger partial charge on any atom is 0.327 e. The van der Waals surface area contributed by atoms with Crippen LogP contribution in [0.15, 0.2) is 24.3 Å². The van der Waals surface area contributed by atoms with Gasteiger partial charge in [-0.1, -0.05) is 26.0 Å². The fourth-order valence-corrected chi connectivity index (χ4v) is 4.87. The molecule has 0 saturated carbocycles. The molecule has 1 unspecified atom stereocenters. The van der Waals surface area contributed by atoms with Crippen molar-refractivity contribution < 1.29 is 37.4 Å². The number of amides is 3. The number of benzene rings is 1. The summed E-state index contributed by atoms with van der Waals surface area (Å²) in [6.45, 7) is 5.05. The molecule has 2 bridgehead atoms. The highest BCUT2D eigenvalue weighted by molar-refractivity contribution is 7.91. The number of urea groups is 1. The molecule has 2 aliphatic heterocycles. The Kier molecular flexibility index (Phi) is 12.1. The van der Waals surface area contributed by atoms with Gasteiger partial charge in [0.05, 0.1) is 30.8 Å².